The van der Waals surface area contributed by atoms with Crippen LogP contribution in [0.5, 0.6) is 0 Å². The van der Waals surface area contributed by atoms with Crippen molar-refractivity contribution in [2.75, 3.05) is 11.9 Å². The van der Waals surface area contributed by atoms with E-state index >= 15 is 0 Å². The standard InChI is InChI=1S/C18H18Cl2FN3O3S/c1-18(2,3)27-17(26)24-5-4-13-14(8-24)28-16(22-13)23-15(25)9-6-12(21)11(20)7-10(9)19/h6-7H,4-5,8H2,1-3H3,(H,22,23,25). The zero-order chi connectivity index (χ0) is 20.6. The summed E-state index contributed by atoms with van der Waals surface area (Å²) in [4.78, 5) is 31.5. The fourth-order valence-corrected chi connectivity index (χ4v) is 4.08. The SMILES string of the molecule is CC(C)(C)OC(=O)N1CCc2nc(NC(=O)c3cc(F)c(Cl)cc3Cl)sc2C1. The largest absolute Gasteiger partial charge is 0.444 e. The molecule has 0 atom stereocenters. The molecule has 0 spiro atoms. The van der Waals surface area contributed by atoms with Gasteiger partial charge in [-0.05, 0) is 32.9 Å². The Hall–Kier alpha value is -1.90. The van der Waals surface area contributed by atoms with Gasteiger partial charge >= 0.3 is 6.09 Å². The van der Waals surface area contributed by atoms with Gasteiger partial charge in [-0.1, -0.05) is 34.5 Å². The predicted octanol–water partition coefficient (Wildman–Crippen LogP) is 5.13. The van der Waals surface area contributed by atoms with Gasteiger partial charge in [-0.15, -0.1) is 0 Å². The van der Waals surface area contributed by atoms with Crippen LogP contribution in [0.25, 0.3) is 0 Å². The molecule has 2 amide bonds. The van der Waals surface area contributed by atoms with Crippen LogP contribution in [-0.4, -0.2) is 34.0 Å². The number of amides is 2. The predicted molar refractivity (Wildman–Crippen MR) is 107 cm³/mol. The second-order valence-electron chi connectivity index (χ2n) is 7.24. The van der Waals surface area contributed by atoms with Crippen molar-refractivity contribution in [3.05, 3.63) is 44.1 Å². The molecule has 150 valence electrons. The molecule has 1 aromatic heterocycles. The van der Waals surface area contributed by atoms with Crippen LogP contribution < -0.4 is 5.32 Å². The second-order valence-corrected chi connectivity index (χ2v) is 9.14. The Balaban J connectivity index is 1.72. The van der Waals surface area contributed by atoms with Crippen LogP contribution in [0.1, 0.15) is 41.7 Å². The van der Waals surface area contributed by atoms with Crippen LogP contribution in [-0.2, 0) is 17.7 Å². The minimum Gasteiger partial charge on any atom is -0.444 e. The summed E-state index contributed by atoms with van der Waals surface area (Å²) in [6, 6.07) is 2.16. The zero-order valence-electron chi connectivity index (χ0n) is 15.4. The highest BCUT2D eigenvalue weighted by atomic mass is 35.5. The number of halogens is 3. The average Bonchev–Trinajstić information content (AvgIpc) is 2.97. The number of hydrogen-bond acceptors (Lipinski definition) is 5. The van der Waals surface area contributed by atoms with E-state index in [1.54, 1.807) is 4.90 Å². The van der Waals surface area contributed by atoms with Crippen LogP contribution >= 0.6 is 34.5 Å². The van der Waals surface area contributed by atoms with Crippen LogP contribution in [0.4, 0.5) is 14.3 Å². The summed E-state index contributed by atoms with van der Waals surface area (Å²) in [5, 5.41) is 2.86. The maximum absolute atomic E-state index is 13.6. The van der Waals surface area contributed by atoms with E-state index < -0.39 is 17.3 Å². The van der Waals surface area contributed by atoms with Gasteiger partial charge in [0.25, 0.3) is 5.91 Å². The van der Waals surface area contributed by atoms with E-state index in [-0.39, 0.29) is 21.7 Å². The van der Waals surface area contributed by atoms with Gasteiger partial charge in [-0.3, -0.25) is 10.1 Å². The van der Waals surface area contributed by atoms with Crippen molar-refractivity contribution in [1.29, 1.82) is 0 Å². The van der Waals surface area contributed by atoms with Gasteiger partial charge < -0.3 is 9.64 Å². The van der Waals surface area contributed by atoms with Crippen LogP contribution in [0.15, 0.2) is 12.1 Å². The highest BCUT2D eigenvalue weighted by molar-refractivity contribution is 7.15. The van der Waals surface area contributed by atoms with Gasteiger partial charge in [0.1, 0.15) is 11.4 Å². The van der Waals surface area contributed by atoms with Crippen molar-refractivity contribution in [3.63, 3.8) is 0 Å². The molecule has 3 rings (SSSR count). The van der Waals surface area contributed by atoms with E-state index in [0.717, 1.165) is 16.6 Å². The average molecular weight is 446 g/mol. The molecule has 1 aromatic carbocycles. The van der Waals surface area contributed by atoms with Gasteiger partial charge in [-0.2, -0.15) is 0 Å². The minimum atomic E-state index is -0.734. The molecule has 10 heteroatoms. The van der Waals surface area contributed by atoms with E-state index in [9.17, 15) is 14.0 Å². The molecule has 1 aliphatic rings. The van der Waals surface area contributed by atoms with E-state index in [1.165, 1.54) is 17.4 Å². The van der Waals surface area contributed by atoms with Crippen molar-refractivity contribution >= 4 is 51.7 Å². The van der Waals surface area contributed by atoms with Gasteiger partial charge in [0, 0.05) is 17.8 Å². The molecule has 0 bridgehead atoms. The molecule has 28 heavy (non-hydrogen) atoms. The smallest absolute Gasteiger partial charge is 0.410 e. The fourth-order valence-electron chi connectivity index (χ4n) is 2.59. The quantitative estimate of drug-likeness (QED) is 0.649. The molecule has 1 aliphatic heterocycles. The van der Waals surface area contributed by atoms with Crippen molar-refractivity contribution in [2.45, 2.75) is 39.3 Å². The number of nitrogens with one attached hydrogen (secondary N) is 1. The van der Waals surface area contributed by atoms with E-state index in [0.29, 0.717) is 24.6 Å². The van der Waals surface area contributed by atoms with Crippen LogP contribution in [0.2, 0.25) is 10.0 Å². The van der Waals surface area contributed by atoms with Gasteiger partial charge in [-0.25, -0.2) is 14.2 Å². The maximum atomic E-state index is 13.6. The number of rotatable bonds is 2. The first-order valence-electron chi connectivity index (χ1n) is 8.46. The number of fused-ring (bicyclic) bond motifs is 1. The lowest BCUT2D eigenvalue weighted by atomic mass is 10.2. The fraction of sp³-hybridized carbons (Fsp3) is 0.389. The van der Waals surface area contributed by atoms with Gasteiger partial charge in [0.2, 0.25) is 0 Å². The first-order chi connectivity index (χ1) is 13.0. The first kappa shape index (κ1) is 20.8. The lowest BCUT2D eigenvalue weighted by Gasteiger charge is -2.29. The Labute approximate surface area is 175 Å². The van der Waals surface area contributed by atoms with Crippen LogP contribution in [0, 0.1) is 5.82 Å². The van der Waals surface area contributed by atoms with E-state index in [4.69, 9.17) is 27.9 Å². The van der Waals surface area contributed by atoms with Gasteiger partial charge in [0.15, 0.2) is 5.13 Å². The number of thiazole rings is 1. The summed E-state index contributed by atoms with van der Waals surface area (Å²) < 4.78 is 19.0. The third kappa shape index (κ3) is 4.74. The summed E-state index contributed by atoms with van der Waals surface area (Å²) in [5.41, 5.74) is 0.206. The third-order valence-electron chi connectivity index (χ3n) is 3.86. The van der Waals surface area contributed by atoms with E-state index in [2.05, 4.69) is 10.3 Å². The number of benzene rings is 1. The molecule has 0 saturated heterocycles. The normalized spacial score (nSPS) is 13.9. The zero-order valence-corrected chi connectivity index (χ0v) is 17.8. The Morgan fingerprint density at radius 1 is 1.29 bits per heavy atom. The Kier molecular flexibility index (Phi) is 5.84. The van der Waals surface area contributed by atoms with E-state index in [1.807, 2.05) is 20.8 Å². The lowest BCUT2D eigenvalue weighted by molar-refractivity contribution is 0.0225. The van der Waals surface area contributed by atoms with Crippen molar-refractivity contribution in [1.82, 2.24) is 9.88 Å². The number of carbonyl (C=O) groups excluding carboxylic acids is 2. The molecule has 0 unspecified atom stereocenters. The summed E-state index contributed by atoms with van der Waals surface area (Å²) in [6.07, 6.45) is 0.164. The van der Waals surface area contributed by atoms with Crippen molar-refractivity contribution < 1.29 is 18.7 Å². The molecule has 6 nitrogen and oxygen atoms in total. The Morgan fingerprint density at radius 3 is 2.68 bits per heavy atom. The minimum absolute atomic E-state index is 0.0351. The summed E-state index contributed by atoms with van der Waals surface area (Å²) >= 11 is 12.9. The highest BCUT2D eigenvalue weighted by Gasteiger charge is 2.28. The number of ether oxygens (including phenoxy) is 1. The number of hydrogen-bond donors (Lipinski definition) is 1. The summed E-state index contributed by atoms with van der Waals surface area (Å²) in [5.74, 6) is -1.32. The molecule has 1 N–H and O–H groups in total. The number of aromatic nitrogens is 1. The summed E-state index contributed by atoms with van der Waals surface area (Å²) in [7, 11) is 0. The molecular formula is C18H18Cl2FN3O3S. The third-order valence-corrected chi connectivity index (χ3v) is 5.46. The van der Waals surface area contributed by atoms with Crippen LogP contribution in [0.3, 0.4) is 0 Å². The van der Waals surface area contributed by atoms with Crippen molar-refractivity contribution in [2.24, 2.45) is 0 Å². The number of anilines is 1. The van der Waals surface area contributed by atoms with Gasteiger partial charge in [0.05, 0.1) is 27.8 Å². The lowest BCUT2D eigenvalue weighted by Crippen LogP contribution is -2.39. The molecule has 0 saturated carbocycles. The monoisotopic (exact) mass is 445 g/mol. The Morgan fingerprint density at radius 2 is 2.00 bits per heavy atom. The first-order valence-corrected chi connectivity index (χ1v) is 10.0. The molecular weight excluding hydrogens is 428 g/mol. The number of nitrogens with zero attached hydrogens (tertiary/aromatic N) is 2. The highest BCUT2D eigenvalue weighted by Crippen LogP contribution is 2.30. The second kappa shape index (κ2) is 7.85. The summed E-state index contributed by atoms with van der Waals surface area (Å²) in [6.45, 7) is 6.27. The Bertz CT molecular complexity index is 943. The topological polar surface area (TPSA) is 71.5 Å². The molecule has 0 radical (unpaired) electrons. The molecule has 0 fully saturated rings. The van der Waals surface area contributed by atoms with Crippen molar-refractivity contribution in [3.8, 4) is 0 Å². The molecule has 0 aliphatic carbocycles. The molecule has 2 heterocycles. The number of carbonyl (C=O) groups is 2. The molecule has 2 aromatic rings. The maximum Gasteiger partial charge on any atom is 0.410 e.